The summed E-state index contributed by atoms with van der Waals surface area (Å²) in [4.78, 5) is 0. The zero-order chi connectivity index (χ0) is 13.7. The van der Waals surface area contributed by atoms with Gasteiger partial charge < -0.3 is 5.32 Å². The van der Waals surface area contributed by atoms with Crippen molar-refractivity contribution in [2.24, 2.45) is 0 Å². The minimum absolute atomic E-state index is 0.380. The smallest absolute Gasteiger partial charge is 0.257 e. The van der Waals surface area contributed by atoms with Crippen LogP contribution < -0.4 is 5.32 Å². The van der Waals surface area contributed by atoms with Gasteiger partial charge in [0.2, 0.25) is 0 Å². The van der Waals surface area contributed by atoms with E-state index in [9.17, 15) is 8.78 Å². The summed E-state index contributed by atoms with van der Waals surface area (Å²) in [7, 11) is 0. The van der Waals surface area contributed by atoms with E-state index in [-0.39, 0.29) is 6.54 Å². The number of halogens is 2. The Morgan fingerprint density at radius 3 is 2.95 bits per heavy atom. The molecule has 0 amide bonds. The van der Waals surface area contributed by atoms with Crippen molar-refractivity contribution in [2.75, 3.05) is 5.32 Å². The number of nitrogens with one attached hydrogen (secondary N) is 1. The lowest BCUT2D eigenvalue weighted by molar-refractivity contribution is 0.122. The summed E-state index contributed by atoms with van der Waals surface area (Å²) in [5.41, 5.74) is 1.79. The summed E-state index contributed by atoms with van der Waals surface area (Å²) in [6.45, 7) is 3.18. The first-order valence-corrected chi connectivity index (χ1v) is 6.24. The molecule has 0 fully saturated rings. The minimum Gasteiger partial charge on any atom is -0.377 e. The van der Waals surface area contributed by atoms with Crippen molar-refractivity contribution < 1.29 is 8.78 Å². The van der Waals surface area contributed by atoms with Gasteiger partial charge in [0, 0.05) is 18.9 Å². The predicted molar refractivity (Wildman–Crippen MR) is 68.1 cm³/mol. The maximum absolute atomic E-state index is 12.2. The topological polar surface area (TPSA) is 47.7 Å². The Balaban J connectivity index is 1.91. The summed E-state index contributed by atoms with van der Waals surface area (Å²) in [6.07, 6.45) is 3.50. The lowest BCUT2D eigenvalue weighted by Gasteiger charge is -2.07. The van der Waals surface area contributed by atoms with Crippen LogP contribution in [0, 0.1) is 0 Å². The molecular formula is C12H17F2N5. The Morgan fingerprint density at radius 1 is 1.37 bits per heavy atom. The summed E-state index contributed by atoms with van der Waals surface area (Å²) < 4.78 is 27.5. The summed E-state index contributed by atoms with van der Waals surface area (Å²) in [6, 6.07) is 1.94. The number of hydrogen-bond acceptors (Lipinski definition) is 3. The molecule has 0 saturated heterocycles. The van der Waals surface area contributed by atoms with Crippen molar-refractivity contribution in [3.05, 3.63) is 30.4 Å². The molecule has 19 heavy (non-hydrogen) atoms. The number of nitrogens with zero attached hydrogens (tertiary/aromatic N) is 4. The van der Waals surface area contributed by atoms with Crippen molar-refractivity contribution in [2.45, 2.75) is 39.4 Å². The van der Waals surface area contributed by atoms with Crippen LogP contribution >= 0.6 is 0 Å². The van der Waals surface area contributed by atoms with Gasteiger partial charge in [0.15, 0.2) is 0 Å². The van der Waals surface area contributed by atoms with Crippen LogP contribution in [0.5, 0.6) is 0 Å². The maximum atomic E-state index is 12.2. The van der Waals surface area contributed by atoms with Gasteiger partial charge in [-0.05, 0) is 12.5 Å². The molecule has 0 atom stereocenters. The molecule has 0 bridgehead atoms. The third-order valence-corrected chi connectivity index (χ3v) is 2.67. The van der Waals surface area contributed by atoms with Gasteiger partial charge in [-0.25, -0.2) is 8.78 Å². The van der Waals surface area contributed by atoms with Crippen LogP contribution in [0.3, 0.4) is 0 Å². The molecule has 0 radical (unpaired) electrons. The maximum Gasteiger partial charge on any atom is 0.257 e. The minimum atomic E-state index is -2.39. The number of alkyl halides is 2. The average Bonchev–Trinajstić information content (AvgIpc) is 2.96. The summed E-state index contributed by atoms with van der Waals surface area (Å²) in [5, 5.41) is 11.2. The summed E-state index contributed by atoms with van der Waals surface area (Å²) in [5.74, 6) is 0. The molecule has 0 aliphatic heterocycles. The van der Waals surface area contributed by atoms with E-state index in [4.69, 9.17) is 0 Å². The van der Waals surface area contributed by atoms with Gasteiger partial charge in [-0.15, -0.1) is 0 Å². The highest BCUT2D eigenvalue weighted by Crippen LogP contribution is 2.09. The molecule has 2 heterocycles. The Hall–Kier alpha value is -1.92. The van der Waals surface area contributed by atoms with E-state index in [0.29, 0.717) is 6.54 Å². The van der Waals surface area contributed by atoms with E-state index in [1.54, 1.807) is 18.6 Å². The van der Waals surface area contributed by atoms with Crippen LogP contribution in [0.2, 0.25) is 0 Å². The van der Waals surface area contributed by atoms with Crippen LogP contribution in [0.1, 0.15) is 19.0 Å². The fourth-order valence-electron chi connectivity index (χ4n) is 1.81. The zero-order valence-electron chi connectivity index (χ0n) is 10.8. The van der Waals surface area contributed by atoms with Crippen LogP contribution in [0.15, 0.2) is 24.7 Å². The van der Waals surface area contributed by atoms with Gasteiger partial charge in [-0.3, -0.25) is 9.36 Å². The Labute approximate surface area is 110 Å². The molecule has 0 unspecified atom stereocenters. The standard InChI is InChI=1S/C12H17F2N5/c1-2-5-19-11(3-4-16-19)7-15-10-6-17-18(8-10)9-12(13)14/h3-4,6,8,12,15H,2,5,7,9H2,1H3. The first kappa shape index (κ1) is 13.5. The van der Waals surface area contributed by atoms with Crippen LogP contribution in [-0.4, -0.2) is 26.0 Å². The molecule has 2 aromatic heterocycles. The van der Waals surface area contributed by atoms with Crippen molar-refractivity contribution >= 4 is 5.69 Å². The van der Waals surface area contributed by atoms with E-state index < -0.39 is 6.43 Å². The van der Waals surface area contributed by atoms with Crippen molar-refractivity contribution in [1.29, 1.82) is 0 Å². The highest BCUT2D eigenvalue weighted by Gasteiger charge is 2.06. The van der Waals surface area contributed by atoms with Crippen LogP contribution in [-0.2, 0) is 19.6 Å². The van der Waals surface area contributed by atoms with Crippen LogP contribution in [0.4, 0.5) is 14.5 Å². The first-order valence-electron chi connectivity index (χ1n) is 6.24. The second-order valence-electron chi connectivity index (χ2n) is 4.24. The van der Waals surface area contributed by atoms with E-state index in [0.717, 1.165) is 24.3 Å². The molecule has 1 N–H and O–H groups in total. The zero-order valence-corrected chi connectivity index (χ0v) is 10.8. The van der Waals surface area contributed by atoms with Gasteiger partial charge >= 0.3 is 0 Å². The number of anilines is 1. The molecule has 5 nitrogen and oxygen atoms in total. The monoisotopic (exact) mass is 269 g/mol. The molecule has 0 saturated carbocycles. The largest absolute Gasteiger partial charge is 0.377 e. The highest BCUT2D eigenvalue weighted by atomic mass is 19.3. The van der Waals surface area contributed by atoms with Gasteiger partial charge in [0.1, 0.15) is 6.54 Å². The van der Waals surface area contributed by atoms with Gasteiger partial charge in [-0.2, -0.15) is 10.2 Å². The van der Waals surface area contributed by atoms with Crippen molar-refractivity contribution in [3.8, 4) is 0 Å². The molecule has 2 aromatic rings. The molecular weight excluding hydrogens is 252 g/mol. The molecule has 104 valence electrons. The van der Waals surface area contributed by atoms with Gasteiger partial charge in [0.25, 0.3) is 6.43 Å². The normalized spacial score (nSPS) is 11.2. The second-order valence-corrected chi connectivity index (χ2v) is 4.24. The lowest BCUT2D eigenvalue weighted by atomic mass is 10.4. The highest BCUT2D eigenvalue weighted by molar-refractivity contribution is 5.38. The van der Waals surface area contributed by atoms with Crippen LogP contribution in [0.25, 0.3) is 0 Å². The quantitative estimate of drug-likeness (QED) is 0.839. The average molecular weight is 269 g/mol. The Bertz CT molecular complexity index is 506. The second kappa shape index (κ2) is 6.31. The molecule has 7 heteroatoms. The van der Waals surface area contributed by atoms with Gasteiger partial charge in [-0.1, -0.05) is 6.92 Å². The SMILES string of the molecule is CCCn1nccc1CNc1cnn(CC(F)F)c1. The Kier molecular flexibility index (Phi) is 4.48. The number of rotatable bonds is 7. The van der Waals surface area contributed by atoms with E-state index in [2.05, 4.69) is 22.4 Å². The molecule has 0 aliphatic carbocycles. The third kappa shape index (κ3) is 3.77. The lowest BCUT2D eigenvalue weighted by Crippen LogP contribution is -2.09. The Morgan fingerprint density at radius 2 is 2.21 bits per heavy atom. The van der Waals surface area contributed by atoms with E-state index in [1.165, 1.54) is 4.68 Å². The molecule has 0 aliphatic rings. The molecule has 2 rings (SSSR count). The summed E-state index contributed by atoms with van der Waals surface area (Å²) >= 11 is 0. The number of aryl methyl sites for hydroxylation is 1. The fraction of sp³-hybridized carbons (Fsp3) is 0.500. The molecule has 0 spiro atoms. The van der Waals surface area contributed by atoms with Gasteiger partial charge in [0.05, 0.1) is 24.1 Å². The molecule has 0 aromatic carbocycles. The fourth-order valence-corrected chi connectivity index (χ4v) is 1.81. The predicted octanol–water partition coefficient (Wildman–Crippen LogP) is 2.37. The van der Waals surface area contributed by atoms with E-state index in [1.807, 2.05) is 10.7 Å². The number of hydrogen-bond donors (Lipinski definition) is 1. The first-order chi connectivity index (χ1) is 9.19. The van der Waals surface area contributed by atoms with E-state index >= 15 is 0 Å². The number of aromatic nitrogens is 4. The van der Waals surface area contributed by atoms with Crippen molar-refractivity contribution in [1.82, 2.24) is 19.6 Å². The van der Waals surface area contributed by atoms with Crippen molar-refractivity contribution in [3.63, 3.8) is 0 Å². The third-order valence-electron chi connectivity index (χ3n) is 2.67.